The molecule has 1 aromatic heterocycles. The van der Waals surface area contributed by atoms with E-state index < -0.39 is 34.5 Å². The van der Waals surface area contributed by atoms with E-state index in [2.05, 4.69) is 20.7 Å². The summed E-state index contributed by atoms with van der Waals surface area (Å²) in [5.74, 6) is -1.24. The number of benzene rings is 2. The summed E-state index contributed by atoms with van der Waals surface area (Å²) >= 11 is 6.60. The Hall–Kier alpha value is -2.94. The number of fused-ring (bicyclic) bond motifs is 1. The van der Waals surface area contributed by atoms with Crippen LogP contribution in [0.4, 0.5) is 27.1 Å². The molecule has 4 rings (SSSR count). The Morgan fingerprint density at radius 2 is 1.91 bits per heavy atom. The molecule has 2 atom stereocenters. The van der Waals surface area contributed by atoms with Gasteiger partial charge in [0.25, 0.3) is 15.9 Å². The van der Waals surface area contributed by atoms with Gasteiger partial charge in [-0.05, 0) is 48.5 Å². The van der Waals surface area contributed by atoms with Gasteiger partial charge < -0.3 is 26.2 Å². The van der Waals surface area contributed by atoms with Crippen LogP contribution >= 0.6 is 22.9 Å². The van der Waals surface area contributed by atoms with Crippen molar-refractivity contribution in [2.24, 2.45) is 0 Å². The number of halogens is 2. The van der Waals surface area contributed by atoms with E-state index in [1.807, 2.05) is 0 Å². The molecular formula is C20H19ClFN5O5S2. The van der Waals surface area contributed by atoms with Crippen molar-refractivity contribution in [2.45, 2.75) is 16.9 Å². The molecule has 3 aromatic rings. The molecule has 180 valence electrons. The number of thiophene rings is 1. The molecule has 2 heterocycles. The second-order valence-electron chi connectivity index (χ2n) is 7.09. The first-order valence-electron chi connectivity index (χ1n) is 9.71. The van der Waals surface area contributed by atoms with E-state index >= 15 is 0 Å². The van der Waals surface area contributed by atoms with Crippen LogP contribution in [0.15, 0.2) is 52.7 Å². The molecule has 6 N–H and O–H groups in total. The van der Waals surface area contributed by atoms with E-state index in [9.17, 15) is 27.8 Å². The zero-order valence-electron chi connectivity index (χ0n) is 17.4. The second kappa shape index (κ2) is 9.37. The average molecular weight is 528 g/mol. The molecular weight excluding hydrogens is 509 g/mol. The minimum atomic E-state index is -3.99. The van der Waals surface area contributed by atoms with Crippen molar-refractivity contribution >= 4 is 61.6 Å². The van der Waals surface area contributed by atoms with Gasteiger partial charge in [-0.2, -0.15) is 4.72 Å². The van der Waals surface area contributed by atoms with E-state index in [1.54, 1.807) is 0 Å². The van der Waals surface area contributed by atoms with Crippen molar-refractivity contribution in [3.63, 3.8) is 0 Å². The largest absolute Gasteiger partial charge is 0.386 e. The molecule has 0 saturated carbocycles. The fourth-order valence-electron chi connectivity index (χ4n) is 3.32. The number of hydrogen-bond acceptors (Lipinski definition) is 9. The summed E-state index contributed by atoms with van der Waals surface area (Å²) in [6.45, 7) is 0. The molecule has 2 unspecified atom stereocenters. The maximum absolute atomic E-state index is 14.2. The Kier molecular flexibility index (Phi) is 6.66. The first-order valence-corrected chi connectivity index (χ1v) is 12.4. The Morgan fingerprint density at radius 1 is 1.21 bits per heavy atom. The summed E-state index contributed by atoms with van der Waals surface area (Å²) in [6, 6.07) is 11.1. The first-order chi connectivity index (χ1) is 16.1. The highest BCUT2D eigenvalue weighted by molar-refractivity contribution is 7.91. The van der Waals surface area contributed by atoms with Gasteiger partial charge in [-0.1, -0.05) is 11.6 Å². The number of carbonyl (C=O) groups is 1. The normalized spacial score (nSPS) is 16.6. The van der Waals surface area contributed by atoms with Crippen molar-refractivity contribution < 1.29 is 27.8 Å². The van der Waals surface area contributed by atoms with Crippen LogP contribution in [0.2, 0.25) is 4.34 Å². The molecule has 1 aliphatic heterocycles. The topological polar surface area (TPSA) is 143 Å². The molecule has 34 heavy (non-hydrogen) atoms. The Bertz CT molecular complexity index is 1340. The third-order valence-electron chi connectivity index (χ3n) is 4.88. The predicted molar refractivity (Wildman–Crippen MR) is 128 cm³/mol. The van der Waals surface area contributed by atoms with Crippen molar-refractivity contribution in [3.8, 4) is 0 Å². The molecule has 14 heteroatoms. The van der Waals surface area contributed by atoms with Crippen LogP contribution in [0.1, 0.15) is 10.4 Å². The van der Waals surface area contributed by atoms with Crippen molar-refractivity contribution in [3.05, 3.63) is 64.2 Å². The van der Waals surface area contributed by atoms with Crippen molar-refractivity contribution in [1.82, 2.24) is 4.72 Å². The lowest BCUT2D eigenvalue weighted by atomic mass is 10.1. The highest BCUT2D eigenvalue weighted by Crippen LogP contribution is 2.33. The third-order valence-corrected chi connectivity index (χ3v) is 8.02. The van der Waals surface area contributed by atoms with Gasteiger partial charge in [0.2, 0.25) is 6.35 Å². The smallest absolute Gasteiger partial charge is 0.264 e. The number of aliphatic hydroxyl groups is 2. The number of nitrogens with one attached hydrogen (secondary N) is 4. The average Bonchev–Trinajstić information content (AvgIpc) is 3.22. The van der Waals surface area contributed by atoms with Crippen molar-refractivity contribution in [1.29, 1.82) is 0 Å². The molecule has 0 bridgehead atoms. The van der Waals surface area contributed by atoms with Gasteiger partial charge in [0, 0.05) is 18.4 Å². The summed E-state index contributed by atoms with van der Waals surface area (Å²) in [5, 5.41) is 28.5. The SMILES string of the molecule is CNc1cc2c(cc1F)C(=O)N(c1ccc(NC(O)NS(=O)(=O)c3ccc(Cl)s3)cc1)C(O)N2. The van der Waals surface area contributed by atoms with E-state index in [1.165, 1.54) is 49.5 Å². The maximum Gasteiger partial charge on any atom is 0.264 e. The van der Waals surface area contributed by atoms with E-state index in [4.69, 9.17) is 11.6 Å². The molecule has 0 radical (unpaired) electrons. The summed E-state index contributed by atoms with van der Waals surface area (Å²) in [7, 11) is -2.46. The maximum atomic E-state index is 14.2. The molecule has 1 amide bonds. The summed E-state index contributed by atoms with van der Waals surface area (Å²) < 4.78 is 41.0. The van der Waals surface area contributed by atoms with Crippen LogP contribution in [0.5, 0.6) is 0 Å². The van der Waals surface area contributed by atoms with Gasteiger partial charge in [-0.25, -0.2) is 12.8 Å². The molecule has 1 aliphatic rings. The van der Waals surface area contributed by atoms with Crippen LogP contribution in [0.25, 0.3) is 0 Å². The highest BCUT2D eigenvalue weighted by Gasteiger charge is 2.33. The van der Waals surface area contributed by atoms with Gasteiger partial charge in [-0.15, -0.1) is 11.3 Å². The fraction of sp³-hybridized carbons (Fsp3) is 0.150. The zero-order valence-corrected chi connectivity index (χ0v) is 19.8. The third kappa shape index (κ3) is 4.80. The lowest BCUT2D eigenvalue weighted by molar-refractivity contribution is 0.0900. The second-order valence-corrected chi connectivity index (χ2v) is 10.8. The standard InChI is InChI=1S/C20H19ClFN5O5S2/c1-23-15-9-14-12(8-13(15)22)18(28)27(20(30)25-14)11-4-2-10(3-5-11)24-19(29)26-34(31,32)17-7-6-16(21)33-17/h2-9,19-20,23-26,29-30H,1H3. The van der Waals surface area contributed by atoms with Gasteiger partial charge in [0.1, 0.15) is 10.0 Å². The predicted octanol–water partition coefficient (Wildman–Crippen LogP) is 2.60. The fourth-order valence-corrected chi connectivity index (χ4v) is 5.80. The van der Waals surface area contributed by atoms with Crippen LogP contribution in [-0.4, -0.2) is 44.3 Å². The Labute approximate surface area is 203 Å². The van der Waals surface area contributed by atoms with E-state index in [-0.39, 0.29) is 31.2 Å². The van der Waals surface area contributed by atoms with E-state index in [0.29, 0.717) is 5.69 Å². The Morgan fingerprint density at radius 3 is 2.53 bits per heavy atom. The number of sulfonamides is 1. The van der Waals surface area contributed by atoms with Gasteiger partial charge in [-0.3, -0.25) is 9.69 Å². The van der Waals surface area contributed by atoms with E-state index in [0.717, 1.165) is 22.3 Å². The number of nitrogens with zero attached hydrogens (tertiary/aromatic N) is 1. The lowest BCUT2D eigenvalue weighted by Crippen LogP contribution is -2.49. The van der Waals surface area contributed by atoms with Gasteiger partial charge in [0.15, 0.2) is 6.35 Å². The number of anilines is 4. The monoisotopic (exact) mass is 527 g/mol. The molecule has 0 spiro atoms. The lowest BCUT2D eigenvalue weighted by Gasteiger charge is -2.34. The number of rotatable bonds is 7. The number of aliphatic hydroxyl groups excluding tert-OH is 2. The molecule has 0 fully saturated rings. The van der Waals surface area contributed by atoms with Crippen molar-refractivity contribution in [2.75, 3.05) is 27.9 Å². The van der Waals surface area contributed by atoms with Gasteiger partial charge in [0.05, 0.1) is 21.3 Å². The van der Waals surface area contributed by atoms with Crippen LogP contribution in [0.3, 0.4) is 0 Å². The van der Waals surface area contributed by atoms with Crippen LogP contribution in [-0.2, 0) is 10.0 Å². The highest BCUT2D eigenvalue weighted by atomic mass is 35.5. The first kappa shape index (κ1) is 24.2. The Balaban J connectivity index is 1.48. The van der Waals surface area contributed by atoms with Crippen LogP contribution in [0, 0.1) is 5.82 Å². The quantitative estimate of drug-likeness (QED) is 0.257. The molecule has 0 saturated heterocycles. The van der Waals surface area contributed by atoms with Crippen LogP contribution < -0.4 is 25.6 Å². The summed E-state index contributed by atoms with van der Waals surface area (Å²) in [4.78, 5) is 14.0. The minimum absolute atomic E-state index is 0.0440. The number of amides is 1. The molecule has 2 aromatic carbocycles. The number of carbonyl (C=O) groups excluding carboxylic acids is 1. The molecule has 0 aliphatic carbocycles. The molecule has 10 nitrogen and oxygen atoms in total. The van der Waals surface area contributed by atoms with Gasteiger partial charge >= 0.3 is 0 Å². The number of hydrogen-bond donors (Lipinski definition) is 6. The minimum Gasteiger partial charge on any atom is -0.386 e. The zero-order chi connectivity index (χ0) is 24.6. The summed E-state index contributed by atoms with van der Waals surface area (Å²) in [5.41, 5.74) is 1.09. The summed E-state index contributed by atoms with van der Waals surface area (Å²) in [6.07, 6.45) is -3.07.